The van der Waals surface area contributed by atoms with Gasteiger partial charge in [0.2, 0.25) is 0 Å². The first-order chi connectivity index (χ1) is 15.0. The van der Waals surface area contributed by atoms with Crippen molar-refractivity contribution in [3.8, 4) is 17.2 Å². The van der Waals surface area contributed by atoms with Crippen LogP contribution in [0.15, 0.2) is 48.9 Å². The molecule has 1 aliphatic carbocycles. The molecule has 2 fully saturated rings. The Hall–Kier alpha value is -3.64. The first-order valence-corrected chi connectivity index (χ1v) is 10.3. The highest BCUT2D eigenvalue weighted by molar-refractivity contribution is 7.81. The van der Waals surface area contributed by atoms with Crippen molar-refractivity contribution >= 4 is 35.7 Å². The molecule has 2 atom stereocenters. The number of hydrogen-bond acceptors (Lipinski definition) is 7. The fraction of sp³-hybridized carbons (Fsp3) is 0.227. The van der Waals surface area contributed by atoms with E-state index in [1.807, 2.05) is 30.3 Å². The second kappa shape index (κ2) is 6.96. The molecular weight excluding hydrogens is 412 g/mol. The molecule has 9 heteroatoms. The van der Waals surface area contributed by atoms with Crippen molar-refractivity contribution in [2.45, 2.75) is 30.8 Å². The third-order valence-electron chi connectivity index (χ3n) is 6.05. The van der Waals surface area contributed by atoms with Gasteiger partial charge in [0.15, 0.2) is 16.8 Å². The Balaban J connectivity index is 1.57. The molecule has 2 unspecified atom stereocenters. The number of amides is 1. The van der Waals surface area contributed by atoms with Crippen molar-refractivity contribution in [2.75, 3.05) is 9.80 Å². The predicted octanol–water partition coefficient (Wildman–Crippen LogP) is 2.82. The van der Waals surface area contributed by atoms with E-state index in [2.05, 4.69) is 15.2 Å². The lowest BCUT2D eigenvalue weighted by atomic mass is 9.73. The van der Waals surface area contributed by atoms with Gasteiger partial charge in [-0.05, 0) is 42.7 Å². The van der Waals surface area contributed by atoms with Gasteiger partial charge in [-0.1, -0.05) is 12.1 Å². The van der Waals surface area contributed by atoms with E-state index in [1.54, 1.807) is 30.3 Å². The van der Waals surface area contributed by atoms with Gasteiger partial charge < -0.3 is 4.90 Å². The Kier molecular flexibility index (Phi) is 4.34. The largest absolute Gasteiger partial charge is 0.321 e. The number of ketones is 1. The Bertz CT molecular complexity index is 1230. The summed E-state index contributed by atoms with van der Waals surface area (Å²) in [7, 11) is 0. The van der Waals surface area contributed by atoms with Gasteiger partial charge in [-0.2, -0.15) is 10.4 Å². The maximum Gasteiger partial charge on any atom is 0.263 e. The average molecular weight is 430 g/mol. The highest BCUT2D eigenvalue weighted by Crippen LogP contribution is 2.48. The Morgan fingerprint density at radius 2 is 1.97 bits per heavy atom. The molecule has 2 aromatic heterocycles. The fourth-order valence-electron chi connectivity index (χ4n) is 4.30. The van der Waals surface area contributed by atoms with Crippen LogP contribution in [0.2, 0.25) is 0 Å². The van der Waals surface area contributed by atoms with E-state index >= 15 is 0 Å². The van der Waals surface area contributed by atoms with E-state index in [1.165, 1.54) is 11.1 Å². The van der Waals surface area contributed by atoms with E-state index in [9.17, 15) is 9.59 Å². The quantitative estimate of drug-likeness (QED) is 0.489. The summed E-state index contributed by atoms with van der Waals surface area (Å²) < 4.78 is 0. The molecule has 1 saturated heterocycles. The van der Waals surface area contributed by atoms with Gasteiger partial charge >= 0.3 is 0 Å². The number of H-pyrrole nitrogens is 1. The number of anilines is 2. The van der Waals surface area contributed by atoms with Gasteiger partial charge in [0.05, 0.1) is 18.1 Å². The monoisotopic (exact) mass is 430 g/mol. The van der Waals surface area contributed by atoms with Crippen LogP contribution in [-0.2, 0) is 9.59 Å². The molecule has 31 heavy (non-hydrogen) atoms. The van der Waals surface area contributed by atoms with E-state index in [0.717, 1.165) is 16.8 Å². The maximum atomic E-state index is 13.5. The number of aromatic amines is 1. The third-order valence-corrected chi connectivity index (χ3v) is 6.51. The number of aromatic nitrogens is 3. The van der Waals surface area contributed by atoms with Crippen LogP contribution in [0.5, 0.6) is 0 Å². The molecule has 1 spiro atoms. The average Bonchev–Trinajstić information content (AvgIpc) is 3.38. The lowest BCUT2D eigenvalue weighted by Crippen LogP contribution is -2.62. The van der Waals surface area contributed by atoms with Gasteiger partial charge in [-0.15, -0.1) is 12.6 Å². The highest BCUT2D eigenvalue weighted by Gasteiger charge is 2.65. The number of carbonyl (C=O) groups excluding carboxylic acids is 2. The molecule has 3 aromatic rings. The highest BCUT2D eigenvalue weighted by atomic mass is 32.1. The van der Waals surface area contributed by atoms with Crippen molar-refractivity contribution in [3.05, 3.63) is 60.2 Å². The molecule has 5 rings (SSSR count). The molecule has 154 valence electrons. The molecule has 0 bridgehead atoms. The Morgan fingerprint density at radius 3 is 2.52 bits per heavy atom. The number of hydrogen-bond donors (Lipinski definition) is 2. The topological polar surface area (TPSA) is 106 Å². The van der Waals surface area contributed by atoms with Crippen LogP contribution in [0.25, 0.3) is 11.1 Å². The van der Waals surface area contributed by atoms with Crippen LogP contribution >= 0.6 is 12.6 Å². The molecule has 2 aliphatic rings. The standard InChI is InChI=1S/C22H18N6O2S/c1-13-8-17(12-24-18(13)9-23)27-20(30)22(7-6-19(22)29)28(21(27)31)16-4-2-14(3-5-16)15-10-25-26-11-15/h2-5,8,10-12,21,31H,6-7H2,1H3,(H,25,26). The molecule has 1 N–H and O–H groups in total. The van der Waals surface area contributed by atoms with Gasteiger partial charge in [-0.25, -0.2) is 4.98 Å². The lowest BCUT2D eigenvalue weighted by Gasteiger charge is -2.42. The predicted molar refractivity (Wildman–Crippen MR) is 117 cm³/mol. The Labute approximate surface area is 183 Å². The van der Waals surface area contributed by atoms with Crippen molar-refractivity contribution in [1.82, 2.24) is 15.2 Å². The summed E-state index contributed by atoms with van der Waals surface area (Å²) in [6, 6.07) is 11.4. The number of thiol groups is 1. The molecular formula is C22H18N6O2S. The first-order valence-electron chi connectivity index (χ1n) is 9.78. The van der Waals surface area contributed by atoms with Crippen molar-refractivity contribution in [3.63, 3.8) is 0 Å². The van der Waals surface area contributed by atoms with E-state index in [4.69, 9.17) is 17.9 Å². The van der Waals surface area contributed by atoms with Gasteiger partial charge in [-0.3, -0.25) is 19.6 Å². The molecule has 3 heterocycles. The molecule has 1 amide bonds. The number of pyridine rings is 1. The molecule has 8 nitrogen and oxygen atoms in total. The van der Waals surface area contributed by atoms with Crippen LogP contribution in [0.1, 0.15) is 24.1 Å². The maximum absolute atomic E-state index is 13.5. The fourth-order valence-corrected chi connectivity index (χ4v) is 4.87. The lowest BCUT2D eigenvalue weighted by molar-refractivity contribution is -0.138. The van der Waals surface area contributed by atoms with E-state index < -0.39 is 11.0 Å². The van der Waals surface area contributed by atoms with Crippen LogP contribution in [-0.4, -0.2) is 37.9 Å². The first kappa shape index (κ1) is 19.3. The van der Waals surface area contributed by atoms with E-state index in [0.29, 0.717) is 29.8 Å². The zero-order valence-electron chi connectivity index (χ0n) is 16.6. The summed E-state index contributed by atoms with van der Waals surface area (Å²) in [5.41, 5.74) is 2.17. The number of carbonyl (C=O) groups is 2. The summed E-state index contributed by atoms with van der Waals surface area (Å²) in [5, 5.41) is 15.9. The van der Waals surface area contributed by atoms with Gasteiger partial charge in [0.1, 0.15) is 11.8 Å². The number of nitriles is 1. The number of benzene rings is 1. The summed E-state index contributed by atoms with van der Waals surface area (Å²) in [6.45, 7) is 1.76. The smallest absolute Gasteiger partial charge is 0.263 e. The Morgan fingerprint density at radius 1 is 1.19 bits per heavy atom. The zero-order valence-corrected chi connectivity index (χ0v) is 17.5. The second-order valence-electron chi connectivity index (χ2n) is 7.68. The molecule has 1 saturated carbocycles. The van der Waals surface area contributed by atoms with Gasteiger partial charge in [0.25, 0.3) is 5.91 Å². The minimum Gasteiger partial charge on any atom is -0.321 e. The summed E-state index contributed by atoms with van der Waals surface area (Å²) in [5.74, 6) is -0.426. The minimum atomic E-state index is -1.26. The number of nitrogens with zero attached hydrogens (tertiary/aromatic N) is 5. The van der Waals surface area contributed by atoms with Crippen LogP contribution in [0, 0.1) is 18.3 Å². The molecule has 1 aromatic carbocycles. The summed E-state index contributed by atoms with van der Waals surface area (Å²) in [6.07, 6.45) is 5.80. The number of Topliss-reactive ketones (excluding diaryl/α,β-unsaturated/α-hetero) is 1. The van der Waals surface area contributed by atoms with Crippen LogP contribution < -0.4 is 9.80 Å². The molecule has 0 radical (unpaired) electrons. The van der Waals surface area contributed by atoms with E-state index in [-0.39, 0.29) is 11.7 Å². The van der Waals surface area contributed by atoms with Crippen LogP contribution in [0.4, 0.5) is 11.4 Å². The molecule has 1 aliphatic heterocycles. The number of nitrogens with one attached hydrogen (secondary N) is 1. The second-order valence-corrected chi connectivity index (χ2v) is 8.14. The normalized spacial score (nSPS) is 22.7. The third kappa shape index (κ3) is 2.68. The van der Waals surface area contributed by atoms with Crippen molar-refractivity contribution in [1.29, 1.82) is 5.26 Å². The summed E-state index contributed by atoms with van der Waals surface area (Å²) in [4.78, 5) is 33.8. The number of rotatable bonds is 3. The minimum absolute atomic E-state index is 0.115. The van der Waals surface area contributed by atoms with Crippen molar-refractivity contribution in [2.24, 2.45) is 0 Å². The van der Waals surface area contributed by atoms with Crippen molar-refractivity contribution < 1.29 is 9.59 Å². The number of aryl methyl sites for hydroxylation is 1. The SMILES string of the molecule is Cc1cc(N2C(=O)C3(CCC3=O)N(c3ccc(-c4cn[nH]c4)cc3)C2S)cnc1C#N. The van der Waals surface area contributed by atoms with Crippen LogP contribution in [0.3, 0.4) is 0 Å². The summed E-state index contributed by atoms with van der Waals surface area (Å²) >= 11 is 4.75. The van der Waals surface area contributed by atoms with Gasteiger partial charge in [0, 0.05) is 23.9 Å². The zero-order chi connectivity index (χ0) is 21.8.